The highest BCUT2D eigenvalue weighted by molar-refractivity contribution is 7.92. The SMILES string of the molecule is CCOC(=O)C1(c2ccc(NC(=O)COc3ccc(S(=O)(=O)Nc4cccc(C(F)(F)F)c4)cc3)cc2)CC1. The van der Waals surface area contributed by atoms with E-state index in [2.05, 4.69) is 10.0 Å². The number of amides is 1. The van der Waals surface area contributed by atoms with Gasteiger partial charge in [-0.1, -0.05) is 18.2 Å². The summed E-state index contributed by atoms with van der Waals surface area (Å²) in [4.78, 5) is 24.3. The molecule has 4 rings (SSSR count). The quantitative estimate of drug-likeness (QED) is 0.332. The van der Waals surface area contributed by atoms with Gasteiger partial charge in [-0.05, 0) is 79.9 Å². The largest absolute Gasteiger partial charge is 0.484 e. The smallest absolute Gasteiger partial charge is 0.416 e. The van der Waals surface area contributed by atoms with Crippen LogP contribution < -0.4 is 14.8 Å². The zero-order valence-corrected chi connectivity index (χ0v) is 21.6. The summed E-state index contributed by atoms with van der Waals surface area (Å²) in [5.74, 6) is -0.499. The van der Waals surface area contributed by atoms with Crippen LogP contribution in [0.25, 0.3) is 0 Å². The Kier molecular flexibility index (Phi) is 7.86. The van der Waals surface area contributed by atoms with Crippen LogP contribution in [0, 0.1) is 0 Å². The van der Waals surface area contributed by atoms with Crippen molar-refractivity contribution >= 4 is 33.3 Å². The number of hydrogen-bond donors (Lipinski definition) is 2. The number of carbonyl (C=O) groups is 2. The van der Waals surface area contributed by atoms with Crippen molar-refractivity contribution in [3.63, 3.8) is 0 Å². The first-order valence-electron chi connectivity index (χ1n) is 11.9. The molecule has 0 radical (unpaired) electrons. The first-order valence-corrected chi connectivity index (χ1v) is 13.4. The number of hydrogen-bond acceptors (Lipinski definition) is 6. The highest BCUT2D eigenvalue weighted by atomic mass is 32.2. The monoisotopic (exact) mass is 562 g/mol. The average molecular weight is 563 g/mol. The van der Waals surface area contributed by atoms with Crippen molar-refractivity contribution in [2.75, 3.05) is 23.3 Å². The lowest BCUT2D eigenvalue weighted by atomic mass is 9.96. The maximum absolute atomic E-state index is 12.9. The van der Waals surface area contributed by atoms with Crippen molar-refractivity contribution < 1.29 is 40.7 Å². The summed E-state index contributed by atoms with van der Waals surface area (Å²) in [5.41, 5.74) is -0.488. The van der Waals surface area contributed by atoms with Gasteiger partial charge < -0.3 is 14.8 Å². The molecule has 39 heavy (non-hydrogen) atoms. The molecule has 206 valence electrons. The van der Waals surface area contributed by atoms with Gasteiger partial charge in [0.15, 0.2) is 6.61 Å². The van der Waals surface area contributed by atoms with E-state index in [0.29, 0.717) is 31.2 Å². The topological polar surface area (TPSA) is 111 Å². The maximum atomic E-state index is 12.9. The summed E-state index contributed by atoms with van der Waals surface area (Å²) >= 11 is 0. The van der Waals surface area contributed by atoms with Crippen molar-refractivity contribution in [3.05, 3.63) is 83.9 Å². The lowest BCUT2D eigenvalue weighted by molar-refractivity contribution is -0.146. The van der Waals surface area contributed by atoms with Gasteiger partial charge in [0, 0.05) is 11.4 Å². The van der Waals surface area contributed by atoms with Gasteiger partial charge in [0.2, 0.25) is 0 Å². The highest BCUT2D eigenvalue weighted by Gasteiger charge is 2.52. The van der Waals surface area contributed by atoms with Gasteiger partial charge in [-0.25, -0.2) is 8.42 Å². The Bertz CT molecular complexity index is 1450. The number of nitrogens with one attached hydrogen (secondary N) is 2. The Balaban J connectivity index is 1.31. The zero-order chi connectivity index (χ0) is 28.3. The molecule has 1 saturated carbocycles. The third-order valence-electron chi connectivity index (χ3n) is 6.08. The van der Waals surface area contributed by atoms with Crippen LogP contribution >= 0.6 is 0 Å². The Labute approximate surface area is 223 Å². The molecule has 0 aromatic heterocycles. The normalized spacial score (nSPS) is 14.3. The number of anilines is 2. The molecule has 1 aliphatic carbocycles. The van der Waals surface area contributed by atoms with Crippen LogP contribution in [0.2, 0.25) is 0 Å². The minimum absolute atomic E-state index is 0.201. The molecular formula is C27H25F3N2O6S. The average Bonchev–Trinajstić information content (AvgIpc) is 3.70. The standard InChI is InChI=1S/C27H25F3N2O6S/c1-2-37-25(34)26(14-15-26)18-6-8-20(9-7-18)31-24(33)17-38-22-10-12-23(13-11-22)39(35,36)32-21-5-3-4-19(16-21)27(28,29)30/h3-13,16,32H,2,14-15,17H2,1H3,(H,31,33). The molecule has 0 aliphatic heterocycles. The number of sulfonamides is 1. The molecular weight excluding hydrogens is 537 g/mol. The Morgan fingerprint density at radius 2 is 1.62 bits per heavy atom. The number of esters is 1. The van der Waals surface area contributed by atoms with Crippen LogP contribution in [-0.4, -0.2) is 33.5 Å². The number of ether oxygens (including phenoxy) is 2. The van der Waals surface area contributed by atoms with E-state index in [0.717, 1.165) is 17.7 Å². The second kappa shape index (κ2) is 11.0. The number of carbonyl (C=O) groups excluding carboxylic acids is 2. The molecule has 0 heterocycles. The van der Waals surface area contributed by atoms with Crippen LogP contribution in [0.4, 0.5) is 24.5 Å². The van der Waals surface area contributed by atoms with E-state index in [1.165, 1.54) is 30.3 Å². The predicted octanol–water partition coefficient (Wildman–Crippen LogP) is 5.12. The summed E-state index contributed by atoms with van der Waals surface area (Å²) in [6.45, 7) is 1.71. The fraction of sp³-hybridized carbons (Fsp3) is 0.259. The summed E-state index contributed by atoms with van der Waals surface area (Å²) in [6, 6.07) is 15.8. The van der Waals surface area contributed by atoms with Crippen LogP contribution in [0.3, 0.4) is 0 Å². The zero-order valence-electron chi connectivity index (χ0n) is 20.7. The minimum atomic E-state index is -4.61. The van der Waals surface area contributed by atoms with Gasteiger partial charge in [0.05, 0.1) is 22.5 Å². The Morgan fingerprint density at radius 1 is 0.949 bits per heavy atom. The number of alkyl halides is 3. The maximum Gasteiger partial charge on any atom is 0.416 e. The van der Waals surface area contributed by atoms with Gasteiger partial charge in [0.25, 0.3) is 15.9 Å². The van der Waals surface area contributed by atoms with Crippen molar-refractivity contribution in [3.8, 4) is 5.75 Å². The van der Waals surface area contributed by atoms with Gasteiger partial charge >= 0.3 is 12.1 Å². The molecule has 2 N–H and O–H groups in total. The van der Waals surface area contributed by atoms with Crippen LogP contribution in [0.1, 0.15) is 30.9 Å². The molecule has 8 nitrogen and oxygen atoms in total. The first-order chi connectivity index (χ1) is 18.4. The van der Waals surface area contributed by atoms with Crippen molar-refractivity contribution in [2.45, 2.75) is 36.3 Å². The molecule has 1 fully saturated rings. The molecule has 1 amide bonds. The Morgan fingerprint density at radius 3 is 2.21 bits per heavy atom. The van der Waals surface area contributed by atoms with Crippen LogP contribution in [0.5, 0.6) is 5.75 Å². The second-order valence-electron chi connectivity index (χ2n) is 8.87. The molecule has 3 aromatic rings. The van der Waals surface area contributed by atoms with Gasteiger partial charge in [-0.2, -0.15) is 13.2 Å². The van der Waals surface area contributed by atoms with E-state index in [9.17, 15) is 31.2 Å². The van der Waals surface area contributed by atoms with Gasteiger partial charge in [-0.3, -0.25) is 14.3 Å². The van der Waals surface area contributed by atoms with Crippen LogP contribution in [-0.2, 0) is 35.9 Å². The molecule has 0 atom stereocenters. The molecule has 0 spiro atoms. The summed E-state index contributed by atoms with van der Waals surface area (Å²) in [7, 11) is -4.16. The molecule has 3 aromatic carbocycles. The molecule has 12 heteroatoms. The first kappa shape index (κ1) is 28.0. The van der Waals surface area contributed by atoms with Crippen molar-refractivity contribution in [1.29, 1.82) is 0 Å². The predicted molar refractivity (Wildman–Crippen MR) is 137 cm³/mol. The molecule has 0 unspecified atom stereocenters. The van der Waals surface area contributed by atoms with Gasteiger partial charge in [0.1, 0.15) is 5.75 Å². The number of benzene rings is 3. The fourth-order valence-electron chi connectivity index (χ4n) is 3.91. The lowest BCUT2D eigenvalue weighted by Gasteiger charge is -2.15. The van der Waals surface area contributed by atoms with E-state index in [1.807, 2.05) is 0 Å². The van der Waals surface area contributed by atoms with E-state index in [-0.39, 0.29) is 28.9 Å². The van der Waals surface area contributed by atoms with Crippen molar-refractivity contribution in [1.82, 2.24) is 0 Å². The third kappa shape index (κ3) is 6.69. The molecule has 0 saturated heterocycles. The van der Waals surface area contributed by atoms with E-state index >= 15 is 0 Å². The summed E-state index contributed by atoms with van der Waals surface area (Å²) in [6.07, 6.45) is -3.18. The minimum Gasteiger partial charge on any atom is -0.484 e. The fourth-order valence-corrected chi connectivity index (χ4v) is 4.96. The second-order valence-corrected chi connectivity index (χ2v) is 10.6. The van der Waals surface area contributed by atoms with E-state index in [4.69, 9.17) is 9.47 Å². The van der Waals surface area contributed by atoms with E-state index < -0.39 is 33.1 Å². The Hall–Kier alpha value is -4.06. The molecule has 0 bridgehead atoms. The van der Waals surface area contributed by atoms with Crippen LogP contribution in [0.15, 0.2) is 77.7 Å². The summed E-state index contributed by atoms with van der Waals surface area (Å²) < 4.78 is 76.5. The third-order valence-corrected chi connectivity index (χ3v) is 7.48. The number of rotatable bonds is 10. The summed E-state index contributed by atoms with van der Waals surface area (Å²) in [5, 5.41) is 2.68. The lowest BCUT2D eigenvalue weighted by Crippen LogP contribution is -2.23. The van der Waals surface area contributed by atoms with Gasteiger partial charge in [-0.15, -0.1) is 0 Å². The van der Waals surface area contributed by atoms with E-state index in [1.54, 1.807) is 31.2 Å². The highest BCUT2D eigenvalue weighted by Crippen LogP contribution is 2.49. The van der Waals surface area contributed by atoms with Crippen molar-refractivity contribution in [2.24, 2.45) is 0 Å². The molecule has 1 aliphatic rings. The number of halogens is 3.